The van der Waals surface area contributed by atoms with Crippen molar-refractivity contribution in [2.75, 3.05) is 13.2 Å². The summed E-state index contributed by atoms with van der Waals surface area (Å²) in [5.74, 6) is -0.333. The van der Waals surface area contributed by atoms with E-state index in [0.29, 0.717) is 18.8 Å². The Labute approximate surface area is 86.1 Å². The fourth-order valence-corrected chi connectivity index (χ4v) is 0.725. The molecule has 0 rings (SSSR count). The van der Waals surface area contributed by atoms with Crippen LogP contribution in [0.3, 0.4) is 0 Å². The van der Waals surface area contributed by atoms with Crippen LogP contribution in [0.1, 0.15) is 34.1 Å². The fraction of sp³-hybridized carbons (Fsp3) is 0.727. The Morgan fingerprint density at radius 1 is 1.29 bits per heavy atom. The van der Waals surface area contributed by atoms with Crippen LogP contribution >= 0.6 is 0 Å². The minimum absolute atomic E-state index is 0.127. The van der Waals surface area contributed by atoms with Gasteiger partial charge in [-0.25, -0.2) is 4.79 Å². The highest BCUT2D eigenvalue weighted by atomic mass is 16.5. The summed E-state index contributed by atoms with van der Waals surface area (Å²) in [6.07, 6.45) is 0.719. The number of carbonyl (C=O) groups excluding carboxylic acids is 1. The Balaban J connectivity index is 3.39. The number of rotatable bonds is 5. The van der Waals surface area contributed by atoms with E-state index in [-0.39, 0.29) is 11.6 Å². The van der Waals surface area contributed by atoms with Crippen molar-refractivity contribution in [3.05, 3.63) is 12.2 Å². The van der Waals surface area contributed by atoms with Crippen LogP contribution in [-0.4, -0.2) is 24.8 Å². The van der Waals surface area contributed by atoms with Crippen molar-refractivity contribution in [1.82, 2.24) is 0 Å². The van der Waals surface area contributed by atoms with Gasteiger partial charge in [-0.2, -0.15) is 0 Å². The molecular formula is C11H20O3. The maximum absolute atomic E-state index is 10.9. The molecule has 0 spiro atoms. The molecule has 0 amide bonds. The second kappa shape index (κ2) is 5.81. The number of carbonyl (C=O) groups is 1. The molecule has 0 bridgehead atoms. The largest absolute Gasteiger partial charge is 0.462 e. The number of hydrogen-bond donors (Lipinski definition) is 0. The lowest BCUT2D eigenvalue weighted by Gasteiger charge is -2.19. The minimum atomic E-state index is -0.333. The summed E-state index contributed by atoms with van der Waals surface area (Å²) >= 11 is 0. The summed E-state index contributed by atoms with van der Waals surface area (Å²) in [7, 11) is 0. The summed E-state index contributed by atoms with van der Waals surface area (Å²) in [4.78, 5) is 10.9. The molecule has 0 saturated carbocycles. The first-order valence-corrected chi connectivity index (χ1v) is 4.79. The average molecular weight is 200 g/mol. The van der Waals surface area contributed by atoms with E-state index in [0.717, 1.165) is 6.42 Å². The summed E-state index contributed by atoms with van der Waals surface area (Å²) in [6.45, 7) is 12.1. The predicted molar refractivity (Wildman–Crippen MR) is 56.1 cm³/mol. The molecule has 14 heavy (non-hydrogen) atoms. The number of hydrogen-bond acceptors (Lipinski definition) is 3. The maximum Gasteiger partial charge on any atom is 0.333 e. The van der Waals surface area contributed by atoms with Crippen molar-refractivity contribution in [2.45, 2.75) is 39.7 Å². The molecule has 0 unspecified atom stereocenters. The first kappa shape index (κ1) is 13.2. The van der Waals surface area contributed by atoms with E-state index in [1.165, 1.54) is 0 Å². The Hall–Kier alpha value is -0.830. The molecule has 0 aromatic rings. The van der Waals surface area contributed by atoms with Crippen LogP contribution < -0.4 is 0 Å². The van der Waals surface area contributed by atoms with Crippen molar-refractivity contribution in [1.29, 1.82) is 0 Å². The van der Waals surface area contributed by atoms with E-state index in [1.54, 1.807) is 6.92 Å². The van der Waals surface area contributed by atoms with Crippen LogP contribution in [0, 0.1) is 0 Å². The summed E-state index contributed by atoms with van der Waals surface area (Å²) < 4.78 is 10.4. The fourth-order valence-electron chi connectivity index (χ4n) is 0.725. The third kappa shape index (κ3) is 7.80. The molecule has 0 aliphatic heterocycles. The van der Waals surface area contributed by atoms with Gasteiger partial charge in [-0.15, -0.1) is 0 Å². The highest BCUT2D eigenvalue weighted by molar-refractivity contribution is 5.86. The average Bonchev–Trinajstić information content (AvgIpc) is 2.01. The van der Waals surface area contributed by atoms with E-state index in [4.69, 9.17) is 9.47 Å². The van der Waals surface area contributed by atoms with E-state index in [2.05, 4.69) is 6.58 Å². The van der Waals surface area contributed by atoms with Crippen LogP contribution in [-0.2, 0) is 14.3 Å². The lowest BCUT2D eigenvalue weighted by atomic mass is 10.2. The molecule has 0 aromatic carbocycles. The van der Waals surface area contributed by atoms with Gasteiger partial charge in [0.05, 0.1) is 18.8 Å². The lowest BCUT2D eigenvalue weighted by Crippen LogP contribution is -2.20. The molecule has 0 aliphatic rings. The molecule has 0 atom stereocenters. The molecule has 82 valence electrons. The van der Waals surface area contributed by atoms with Gasteiger partial charge in [-0.3, -0.25) is 0 Å². The second-order valence-electron chi connectivity index (χ2n) is 4.23. The number of esters is 1. The summed E-state index contributed by atoms with van der Waals surface area (Å²) in [5.41, 5.74) is 0.306. The van der Waals surface area contributed by atoms with E-state index >= 15 is 0 Å². The standard InChI is InChI=1S/C11H20O3/c1-9(2)10(12)13-7-6-8-14-11(3,4)5/h1,6-8H2,2-5H3. The van der Waals surface area contributed by atoms with Crippen LogP contribution in [0.5, 0.6) is 0 Å². The van der Waals surface area contributed by atoms with Gasteiger partial charge in [-0.1, -0.05) is 6.58 Å². The Morgan fingerprint density at radius 3 is 2.29 bits per heavy atom. The number of ether oxygens (including phenoxy) is 2. The van der Waals surface area contributed by atoms with Crippen LogP contribution in [0.25, 0.3) is 0 Å². The second-order valence-corrected chi connectivity index (χ2v) is 4.23. The zero-order chi connectivity index (χ0) is 11.2. The highest BCUT2D eigenvalue weighted by Gasteiger charge is 2.09. The van der Waals surface area contributed by atoms with E-state index in [1.807, 2.05) is 20.8 Å². The van der Waals surface area contributed by atoms with Crippen LogP contribution in [0.4, 0.5) is 0 Å². The predicted octanol–water partition coefficient (Wildman–Crippen LogP) is 2.31. The van der Waals surface area contributed by atoms with Crippen molar-refractivity contribution in [3.8, 4) is 0 Å². The van der Waals surface area contributed by atoms with Gasteiger partial charge < -0.3 is 9.47 Å². The van der Waals surface area contributed by atoms with E-state index < -0.39 is 0 Å². The smallest absolute Gasteiger partial charge is 0.333 e. The summed E-state index contributed by atoms with van der Waals surface area (Å²) in [6, 6.07) is 0. The quantitative estimate of drug-likeness (QED) is 0.388. The summed E-state index contributed by atoms with van der Waals surface area (Å²) in [5, 5.41) is 0. The SMILES string of the molecule is C=C(C)C(=O)OCCCOC(C)(C)C. The highest BCUT2D eigenvalue weighted by Crippen LogP contribution is 2.06. The first-order chi connectivity index (χ1) is 6.33. The van der Waals surface area contributed by atoms with Crippen molar-refractivity contribution in [2.24, 2.45) is 0 Å². The van der Waals surface area contributed by atoms with Gasteiger partial charge in [0.25, 0.3) is 0 Å². The molecule has 3 heteroatoms. The van der Waals surface area contributed by atoms with Gasteiger partial charge in [-0.05, 0) is 27.7 Å². The van der Waals surface area contributed by atoms with Crippen molar-refractivity contribution >= 4 is 5.97 Å². The van der Waals surface area contributed by atoms with Crippen LogP contribution in [0.2, 0.25) is 0 Å². The van der Waals surface area contributed by atoms with Gasteiger partial charge in [0.1, 0.15) is 0 Å². The van der Waals surface area contributed by atoms with Crippen molar-refractivity contribution in [3.63, 3.8) is 0 Å². The lowest BCUT2D eigenvalue weighted by molar-refractivity contribution is -0.139. The normalized spacial score (nSPS) is 11.1. The molecule has 0 saturated heterocycles. The molecule has 0 aliphatic carbocycles. The molecule has 0 N–H and O–H groups in total. The first-order valence-electron chi connectivity index (χ1n) is 4.79. The van der Waals surface area contributed by atoms with Crippen molar-refractivity contribution < 1.29 is 14.3 Å². The van der Waals surface area contributed by atoms with Gasteiger partial charge >= 0.3 is 5.97 Å². The van der Waals surface area contributed by atoms with E-state index in [9.17, 15) is 4.79 Å². The molecule has 0 aromatic heterocycles. The molecule has 0 radical (unpaired) electrons. The molecule has 3 nitrogen and oxygen atoms in total. The maximum atomic E-state index is 10.9. The molecule has 0 heterocycles. The van der Waals surface area contributed by atoms with Gasteiger partial charge in [0, 0.05) is 12.0 Å². The Morgan fingerprint density at radius 2 is 1.86 bits per heavy atom. The molecular weight excluding hydrogens is 180 g/mol. The third-order valence-corrected chi connectivity index (χ3v) is 1.41. The zero-order valence-electron chi connectivity index (χ0n) is 9.55. The van der Waals surface area contributed by atoms with Crippen LogP contribution in [0.15, 0.2) is 12.2 Å². The topological polar surface area (TPSA) is 35.5 Å². The zero-order valence-corrected chi connectivity index (χ0v) is 9.55. The minimum Gasteiger partial charge on any atom is -0.462 e. The third-order valence-electron chi connectivity index (χ3n) is 1.41. The van der Waals surface area contributed by atoms with Gasteiger partial charge in [0.2, 0.25) is 0 Å². The Bertz CT molecular complexity index is 201. The Kier molecular flexibility index (Phi) is 5.46. The monoisotopic (exact) mass is 200 g/mol. The van der Waals surface area contributed by atoms with Gasteiger partial charge in [0.15, 0.2) is 0 Å². The molecule has 0 fully saturated rings.